The van der Waals surface area contributed by atoms with Gasteiger partial charge in [-0.3, -0.25) is 0 Å². The topological polar surface area (TPSA) is 71.3 Å². The molecule has 0 fully saturated rings. The summed E-state index contributed by atoms with van der Waals surface area (Å²) in [5.74, 6) is 0.751. The van der Waals surface area contributed by atoms with Gasteiger partial charge in [-0.25, -0.2) is 13.1 Å². The number of furan rings is 1. The molecule has 0 bridgehead atoms. The van der Waals surface area contributed by atoms with Gasteiger partial charge in [0.15, 0.2) is 0 Å². The summed E-state index contributed by atoms with van der Waals surface area (Å²) in [6.07, 6.45) is 2.09. The quantitative estimate of drug-likeness (QED) is 0.781. The van der Waals surface area contributed by atoms with Crippen molar-refractivity contribution in [1.82, 2.24) is 10.0 Å². The fourth-order valence-electron chi connectivity index (χ4n) is 1.91. The van der Waals surface area contributed by atoms with Gasteiger partial charge in [-0.15, -0.1) is 0 Å². The van der Waals surface area contributed by atoms with Gasteiger partial charge < -0.3 is 9.73 Å². The van der Waals surface area contributed by atoms with Gasteiger partial charge in [0.05, 0.1) is 11.2 Å². The summed E-state index contributed by atoms with van der Waals surface area (Å²) >= 11 is 3.29. The Bertz CT molecular complexity index is 684. The van der Waals surface area contributed by atoms with Crippen LogP contribution in [0.2, 0.25) is 0 Å². The number of benzene rings is 1. The molecule has 0 atom stereocenters. The minimum absolute atomic E-state index is 0.245. The zero-order chi connectivity index (χ0) is 15.3. The number of sulfonamides is 1. The van der Waals surface area contributed by atoms with E-state index >= 15 is 0 Å². The molecule has 2 N–H and O–H groups in total. The average Bonchev–Trinajstić information content (AvgIpc) is 2.94. The molecule has 21 heavy (non-hydrogen) atoms. The van der Waals surface area contributed by atoms with E-state index in [1.807, 2.05) is 19.2 Å². The van der Waals surface area contributed by atoms with E-state index in [9.17, 15) is 8.42 Å². The van der Waals surface area contributed by atoms with Crippen LogP contribution < -0.4 is 10.0 Å². The maximum Gasteiger partial charge on any atom is 0.241 e. The van der Waals surface area contributed by atoms with E-state index in [0.29, 0.717) is 24.0 Å². The van der Waals surface area contributed by atoms with Crippen LogP contribution in [-0.4, -0.2) is 22.0 Å². The van der Waals surface area contributed by atoms with Crippen LogP contribution in [0.3, 0.4) is 0 Å². The molecule has 2 aromatic rings. The second kappa shape index (κ2) is 7.22. The molecule has 114 valence electrons. The van der Waals surface area contributed by atoms with Crippen LogP contribution in [0, 0.1) is 0 Å². The van der Waals surface area contributed by atoms with Crippen molar-refractivity contribution in [2.75, 3.05) is 13.6 Å². The fourth-order valence-corrected chi connectivity index (χ4v) is 3.95. The summed E-state index contributed by atoms with van der Waals surface area (Å²) in [5, 5.41) is 3.00. The molecule has 0 aliphatic rings. The Morgan fingerprint density at radius 2 is 2.10 bits per heavy atom. The maximum absolute atomic E-state index is 12.3. The molecule has 0 spiro atoms. The lowest BCUT2D eigenvalue weighted by atomic mass is 10.2. The molecule has 0 aliphatic carbocycles. The summed E-state index contributed by atoms with van der Waals surface area (Å²) in [7, 11) is -1.73. The number of rotatable bonds is 7. The number of hydrogen-bond donors (Lipinski definition) is 2. The van der Waals surface area contributed by atoms with Crippen molar-refractivity contribution in [3.8, 4) is 0 Å². The number of hydrogen-bond acceptors (Lipinski definition) is 4. The highest BCUT2D eigenvalue weighted by molar-refractivity contribution is 9.10. The minimum Gasteiger partial charge on any atom is -0.469 e. The number of halogens is 1. The summed E-state index contributed by atoms with van der Waals surface area (Å²) in [5.41, 5.74) is 0.909. The highest BCUT2D eigenvalue weighted by Crippen LogP contribution is 2.23. The van der Waals surface area contributed by atoms with Crippen molar-refractivity contribution in [1.29, 1.82) is 0 Å². The van der Waals surface area contributed by atoms with Crippen LogP contribution in [-0.2, 0) is 23.0 Å². The lowest BCUT2D eigenvalue weighted by molar-refractivity contribution is 0.506. The first kappa shape index (κ1) is 16.2. The van der Waals surface area contributed by atoms with E-state index in [1.54, 1.807) is 24.5 Å². The van der Waals surface area contributed by atoms with Crippen LogP contribution in [0.25, 0.3) is 0 Å². The Balaban J connectivity index is 2.09. The summed E-state index contributed by atoms with van der Waals surface area (Å²) in [6, 6.07) is 8.88. The van der Waals surface area contributed by atoms with Crippen molar-refractivity contribution in [2.24, 2.45) is 0 Å². The molecule has 0 unspecified atom stereocenters. The SMILES string of the molecule is CNCc1ccc(Br)c(S(=O)(=O)NCCc2ccco2)c1. The third-order valence-corrected chi connectivity index (χ3v) is 5.36. The van der Waals surface area contributed by atoms with E-state index in [4.69, 9.17) is 4.42 Å². The van der Waals surface area contributed by atoms with Gasteiger partial charge in [0.2, 0.25) is 10.0 Å². The lowest BCUT2D eigenvalue weighted by Crippen LogP contribution is -2.26. The summed E-state index contributed by atoms with van der Waals surface area (Å²) in [6.45, 7) is 0.904. The van der Waals surface area contributed by atoms with Crippen LogP contribution in [0.4, 0.5) is 0 Å². The second-order valence-electron chi connectivity index (χ2n) is 4.52. The van der Waals surface area contributed by atoms with Gasteiger partial charge in [0, 0.05) is 24.0 Å². The first-order chi connectivity index (χ1) is 10.0. The number of nitrogens with one attached hydrogen (secondary N) is 2. The van der Waals surface area contributed by atoms with Gasteiger partial charge in [-0.05, 0) is 52.8 Å². The van der Waals surface area contributed by atoms with Crippen LogP contribution in [0.1, 0.15) is 11.3 Å². The van der Waals surface area contributed by atoms with Crippen molar-refractivity contribution in [3.05, 3.63) is 52.4 Å². The molecule has 1 aromatic heterocycles. The van der Waals surface area contributed by atoms with Crippen molar-refractivity contribution in [2.45, 2.75) is 17.9 Å². The molecule has 0 saturated carbocycles. The monoisotopic (exact) mass is 372 g/mol. The third-order valence-electron chi connectivity index (χ3n) is 2.91. The molecule has 7 heteroatoms. The molecular weight excluding hydrogens is 356 g/mol. The first-order valence-electron chi connectivity index (χ1n) is 6.48. The van der Waals surface area contributed by atoms with Crippen molar-refractivity contribution in [3.63, 3.8) is 0 Å². The first-order valence-corrected chi connectivity index (χ1v) is 8.75. The smallest absolute Gasteiger partial charge is 0.241 e. The summed E-state index contributed by atoms with van der Waals surface area (Å²) < 4.78 is 33.0. The predicted octanol–water partition coefficient (Wildman–Crippen LogP) is 2.28. The van der Waals surface area contributed by atoms with E-state index in [0.717, 1.165) is 11.3 Å². The van der Waals surface area contributed by atoms with Gasteiger partial charge in [0.1, 0.15) is 5.76 Å². The highest BCUT2D eigenvalue weighted by Gasteiger charge is 2.17. The van der Waals surface area contributed by atoms with E-state index in [-0.39, 0.29) is 4.90 Å². The Labute approximate surface area is 132 Å². The van der Waals surface area contributed by atoms with Gasteiger partial charge in [0.25, 0.3) is 0 Å². The normalized spacial score (nSPS) is 11.7. The van der Waals surface area contributed by atoms with E-state index < -0.39 is 10.0 Å². The van der Waals surface area contributed by atoms with Crippen LogP contribution in [0.15, 0.2) is 50.4 Å². The molecule has 1 heterocycles. The molecule has 0 amide bonds. The van der Waals surface area contributed by atoms with E-state index in [2.05, 4.69) is 26.0 Å². The Kier molecular flexibility index (Phi) is 5.58. The largest absolute Gasteiger partial charge is 0.469 e. The van der Waals surface area contributed by atoms with E-state index in [1.165, 1.54) is 0 Å². The zero-order valence-corrected chi connectivity index (χ0v) is 14.0. The molecule has 0 radical (unpaired) electrons. The molecule has 5 nitrogen and oxygen atoms in total. The van der Waals surface area contributed by atoms with Gasteiger partial charge in [-0.1, -0.05) is 6.07 Å². The van der Waals surface area contributed by atoms with Crippen molar-refractivity contribution >= 4 is 26.0 Å². The van der Waals surface area contributed by atoms with Gasteiger partial charge in [-0.2, -0.15) is 0 Å². The minimum atomic E-state index is -3.55. The van der Waals surface area contributed by atoms with Crippen LogP contribution in [0.5, 0.6) is 0 Å². The third kappa shape index (κ3) is 4.41. The zero-order valence-electron chi connectivity index (χ0n) is 11.6. The highest BCUT2D eigenvalue weighted by atomic mass is 79.9. The Morgan fingerprint density at radius 1 is 1.29 bits per heavy atom. The molecule has 1 aromatic carbocycles. The maximum atomic E-state index is 12.3. The standard InChI is InChI=1S/C14H17BrN2O3S/c1-16-10-11-4-5-13(15)14(9-11)21(18,19)17-7-6-12-3-2-8-20-12/h2-5,8-9,16-17H,6-7,10H2,1H3. The summed E-state index contributed by atoms with van der Waals surface area (Å²) in [4.78, 5) is 0.245. The molecule has 0 aliphatic heterocycles. The van der Waals surface area contributed by atoms with Crippen LogP contribution >= 0.6 is 15.9 Å². The predicted molar refractivity (Wildman–Crippen MR) is 84.5 cm³/mol. The molecular formula is C14H17BrN2O3S. The van der Waals surface area contributed by atoms with Crippen molar-refractivity contribution < 1.29 is 12.8 Å². The molecule has 2 rings (SSSR count). The average molecular weight is 373 g/mol. The lowest BCUT2D eigenvalue weighted by Gasteiger charge is -2.10. The fraction of sp³-hybridized carbons (Fsp3) is 0.286. The van der Waals surface area contributed by atoms with Gasteiger partial charge >= 0.3 is 0 Å². The Morgan fingerprint density at radius 3 is 2.76 bits per heavy atom. The molecule has 0 saturated heterocycles. The second-order valence-corrected chi connectivity index (χ2v) is 7.11. The Hall–Kier alpha value is -1.15.